The number of nitrogens with one attached hydrogen (secondary N) is 2. The summed E-state index contributed by atoms with van der Waals surface area (Å²) in [7, 11) is 0. The van der Waals surface area contributed by atoms with E-state index in [4.69, 9.17) is 16.0 Å². The smallest absolute Gasteiger partial charge is 0.255 e. The van der Waals surface area contributed by atoms with Crippen LogP contribution in [0.25, 0.3) is 0 Å². The minimum Gasteiger partial charge on any atom is -0.469 e. The van der Waals surface area contributed by atoms with Crippen LogP contribution in [0.5, 0.6) is 0 Å². The highest BCUT2D eigenvalue weighted by molar-refractivity contribution is 6.30. The highest BCUT2D eigenvalue weighted by atomic mass is 35.5. The lowest BCUT2D eigenvalue weighted by atomic mass is 10.1. The van der Waals surface area contributed by atoms with E-state index in [0.29, 0.717) is 22.8 Å². The quantitative estimate of drug-likeness (QED) is 0.853. The molecular weight excluding hydrogens is 316 g/mol. The van der Waals surface area contributed by atoms with Gasteiger partial charge in [-0.15, -0.1) is 0 Å². The fraction of sp³-hybridized carbons (Fsp3) is 0.294. The second-order valence-electron chi connectivity index (χ2n) is 5.38. The van der Waals surface area contributed by atoms with Gasteiger partial charge < -0.3 is 15.1 Å². The summed E-state index contributed by atoms with van der Waals surface area (Å²) in [6.45, 7) is 3.52. The minimum absolute atomic E-state index is 0.0615. The summed E-state index contributed by atoms with van der Waals surface area (Å²) in [5.74, 6) is -0.0415. The first-order valence-electron chi connectivity index (χ1n) is 7.32. The molecular formula is C17H19ClN2O3. The van der Waals surface area contributed by atoms with Crippen LogP contribution in [0.15, 0.2) is 41.0 Å². The van der Waals surface area contributed by atoms with Crippen LogP contribution in [0.1, 0.15) is 28.6 Å². The second-order valence-corrected chi connectivity index (χ2v) is 5.81. The molecule has 2 aromatic rings. The number of aryl methyl sites for hydroxylation is 1. The first-order chi connectivity index (χ1) is 11.0. The van der Waals surface area contributed by atoms with E-state index in [0.717, 1.165) is 5.56 Å². The summed E-state index contributed by atoms with van der Waals surface area (Å²) in [5.41, 5.74) is 1.48. The van der Waals surface area contributed by atoms with Crippen LogP contribution in [0.2, 0.25) is 5.02 Å². The number of amides is 2. The molecule has 0 bridgehead atoms. The minimum atomic E-state index is -0.325. The van der Waals surface area contributed by atoms with Crippen LogP contribution in [-0.2, 0) is 11.2 Å². The van der Waals surface area contributed by atoms with Gasteiger partial charge in [-0.25, -0.2) is 0 Å². The van der Waals surface area contributed by atoms with Crippen LogP contribution in [0.4, 0.5) is 0 Å². The van der Waals surface area contributed by atoms with E-state index in [1.165, 1.54) is 6.26 Å². The Hall–Kier alpha value is -2.27. The molecule has 0 radical (unpaired) electrons. The number of carbonyl (C=O) groups is 2. The van der Waals surface area contributed by atoms with Crippen molar-refractivity contribution < 1.29 is 14.0 Å². The molecule has 5 nitrogen and oxygen atoms in total. The van der Waals surface area contributed by atoms with Gasteiger partial charge in [-0.2, -0.15) is 0 Å². The van der Waals surface area contributed by atoms with Crippen molar-refractivity contribution in [3.8, 4) is 0 Å². The summed E-state index contributed by atoms with van der Waals surface area (Å²) < 4.78 is 5.06. The molecule has 1 unspecified atom stereocenters. The molecule has 0 spiro atoms. The van der Waals surface area contributed by atoms with Gasteiger partial charge in [0.2, 0.25) is 5.91 Å². The molecule has 0 saturated carbocycles. The molecule has 0 aliphatic carbocycles. The number of furan rings is 1. The molecule has 0 fully saturated rings. The molecule has 1 atom stereocenters. The van der Waals surface area contributed by atoms with E-state index in [9.17, 15) is 9.59 Å². The Balaban J connectivity index is 1.78. The molecule has 2 rings (SSSR count). The normalized spacial score (nSPS) is 11.8. The number of rotatable bonds is 6. The zero-order valence-electron chi connectivity index (χ0n) is 13.1. The third kappa shape index (κ3) is 5.14. The van der Waals surface area contributed by atoms with Gasteiger partial charge in [0.1, 0.15) is 5.76 Å². The fourth-order valence-corrected chi connectivity index (χ4v) is 2.48. The van der Waals surface area contributed by atoms with E-state index < -0.39 is 0 Å². The number of hydrogen-bond acceptors (Lipinski definition) is 3. The van der Waals surface area contributed by atoms with Gasteiger partial charge in [-0.1, -0.05) is 23.7 Å². The monoisotopic (exact) mass is 334 g/mol. The van der Waals surface area contributed by atoms with Crippen molar-refractivity contribution in [1.29, 1.82) is 0 Å². The maximum atomic E-state index is 11.9. The van der Waals surface area contributed by atoms with E-state index >= 15 is 0 Å². The van der Waals surface area contributed by atoms with Gasteiger partial charge in [0, 0.05) is 11.1 Å². The molecule has 0 aliphatic heterocycles. The van der Waals surface area contributed by atoms with Crippen LogP contribution in [0, 0.1) is 6.92 Å². The predicted octanol–water partition coefficient (Wildman–Crippen LogP) is 2.72. The van der Waals surface area contributed by atoms with Gasteiger partial charge in [0.25, 0.3) is 5.91 Å². The Morgan fingerprint density at radius 3 is 2.74 bits per heavy atom. The Labute approximate surface area is 140 Å². The Morgan fingerprint density at radius 1 is 1.30 bits per heavy atom. The lowest BCUT2D eigenvalue weighted by Gasteiger charge is -2.14. The highest BCUT2D eigenvalue weighted by Gasteiger charge is 2.13. The van der Waals surface area contributed by atoms with Crippen molar-refractivity contribution in [1.82, 2.24) is 10.6 Å². The van der Waals surface area contributed by atoms with E-state index in [1.807, 2.05) is 31.2 Å². The van der Waals surface area contributed by atoms with Crippen LogP contribution < -0.4 is 10.6 Å². The van der Waals surface area contributed by atoms with Gasteiger partial charge >= 0.3 is 0 Å². The Kier molecular flexibility index (Phi) is 5.82. The summed E-state index contributed by atoms with van der Waals surface area (Å²) in [6.07, 6.45) is 2.11. The Morgan fingerprint density at radius 2 is 2.09 bits per heavy atom. The maximum Gasteiger partial charge on any atom is 0.255 e. The third-order valence-electron chi connectivity index (χ3n) is 3.35. The number of halogens is 1. The fourth-order valence-electron chi connectivity index (χ4n) is 2.27. The predicted molar refractivity (Wildman–Crippen MR) is 88.5 cm³/mol. The molecule has 23 heavy (non-hydrogen) atoms. The zero-order chi connectivity index (χ0) is 16.8. The van der Waals surface area contributed by atoms with E-state index in [2.05, 4.69) is 10.6 Å². The molecule has 6 heteroatoms. The van der Waals surface area contributed by atoms with Crippen molar-refractivity contribution in [2.45, 2.75) is 26.3 Å². The lowest BCUT2D eigenvalue weighted by Crippen LogP contribution is -2.41. The lowest BCUT2D eigenvalue weighted by molar-refractivity contribution is -0.120. The number of carbonyl (C=O) groups excluding carboxylic acids is 2. The molecule has 2 amide bonds. The van der Waals surface area contributed by atoms with E-state index in [1.54, 1.807) is 13.0 Å². The van der Waals surface area contributed by atoms with Crippen molar-refractivity contribution in [2.75, 3.05) is 6.54 Å². The SMILES string of the molecule is Cc1occc1C(=O)NCC(=O)NC(C)Cc1cccc(Cl)c1. The van der Waals surface area contributed by atoms with E-state index in [-0.39, 0.29) is 24.4 Å². The molecule has 122 valence electrons. The van der Waals surface area contributed by atoms with Gasteiger partial charge in [0.15, 0.2) is 0 Å². The first-order valence-corrected chi connectivity index (χ1v) is 7.69. The standard InChI is InChI=1S/C17H19ClN2O3/c1-11(8-13-4-3-5-14(18)9-13)20-16(21)10-19-17(22)15-6-7-23-12(15)2/h3-7,9,11H,8,10H2,1-2H3,(H,19,22)(H,20,21). The summed E-state index contributed by atoms with van der Waals surface area (Å²) in [5, 5.41) is 6.08. The van der Waals surface area contributed by atoms with Crippen molar-refractivity contribution in [2.24, 2.45) is 0 Å². The van der Waals surface area contributed by atoms with Crippen LogP contribution >= 0.6 is 11.6 Å². The third-order valence-corrected chi connectivity index (χ3v) is 3.59. The summed E-state index contributed by atoms with van der Waals surface area (Å²) in [6, 6.07) is 9.02. The van der Waals surface area contributed by atoms with Gasteiger partial charge in [-0.05, 0) is 44.0 Å². The average molecular weight is 335 g/mol. The van der Waals surface area contributed by atoms with Crippen molar-refractivity contribution in [3.05, 3.63) is 58.5 Å². The second kappa shape index (κ2) is 7.83. The van der Waals surface area contributed by atoms with Crippen LogP contribution in [0.3, 0.4) is 0 Å². The number of hydrogen-bond donors (Lipinski definition) is 2. The van der Waals surface area contributed by atoms with Crippen molar-refractivity contribution >= 4 is 23.4 Å². The largest absolute Gasteiger partial charge is 0.469 e. The zero-order valence-corrected chi connectivity index (χ0v) is 13.8. The number of benzene rings is 1. The molecule has 1 aromatic carbocycles. The molecule has 1 heterocycles. The molecule has 2 N–H and O–H groups in total. The first kappa shape index (κ1) is 17.1. The topological polar surface area (TPSA) is 71.3 Å². The Bertz CT molecular complexity index is 697. The molecule has 1 aromatic heterocycles. The maximum absolute atomic E-state index is 11.9. The van der Waals surface area contributed by atoms with Crippen molar-refractivity contribution in [3.63, 3.8) is 0 Å². The van der Waals surface area contributed by atoms with Crippen LogP contribution in [-0.4, -0.2) is 24.4 Å². The summed E-state index contributed by atoms with van der Waals surface area (Å²) in [4.78, 5) is 23.8. The molecule has 0 saturated heterocycles. The average Bonchev–Trinajstić information content (AvgIpc) is 2.91. The highest BCUT2D eigenvalue weighted by Crippen LogP contribution is 2.12. The molecule has 0 aliphatic rings. The van der Waals surface area contributed by atoms with Gasteiger partial charge in [-0.3, -0.25) is 9.59 Å². The summed E-state index contributed by atoms with van der Waals surface area (Å²) >= 11 is 5.94. The van der Waals surface area contributed by atoms with Gasteiger partial charge in [0.05, 0.1) is 18.4 Å².